The molecule has 0 fully saturated rings. The van der Waals surface area contributed by atoms with Gasteiger partial charge in [0.15, 0.2) is 0 Å². The largest absolute Gasteiger partial charge is 0.506 e. The fourth-order valence-electron chi connectivity index (χ4n) is 2.88. The number of nitrogens with zero attached hydrogens (tertiary/aromatic N) is 2. The van der Waals surface area contributed by atoms with E-state index < -0.39 is 59.4 Å². The number of pyridine rings is 2. The van der Waals surface area contributed by atoms with Crippen molar-refractivity contribution in [2.75, 3.05) is 6.54 Å². The van der Waals surface area contributed by atoms with Gasteiger partial charge in [-0.15, -0.1) is 0 Å². The fourth-order valence-corrected chi connectivity index (χ4v) is 2.88. The van der Waals surface area contributed by atoms with Crippen molar-refractivity contribution in [1.82, 2.24) is 14.9 Å². The maximum absolute atomic E-state index is 14.3. The average molecular weight is 439 g/mol. The normalized spacial score (nSPS) is 11.5. The number of halogens is 4. The number of nitrogens with one attached hydrogen (secondary N) is 1. The number of alkyl halides is 3. The summed E-state index contributed by atoms with van der Waals surface area (Å²) in [5, 5.41) is 20.9. The van der Waals surface area contributed by atoms with Gasteiger partial charge in [0.1, 0.15) is 29.3 Å². The molecule has 0 unspecified atom stereocenters. The average Bonchev–Trinajstić information content (AvgIpc) is 2.70. The van der Waals surface area contributed by atoms with Gasteiger partial charge in [-0.05, 0) is 24.3 Å². The van der Waals surface area contributed by atoms with Crippen LogP contribution in [0.1, 0.15) is 21.5 Å². The van der Waals surface area contributed by atoms with Crippen LogP contribution in [0.25, 0.3) is 11.0 Å². The van der Waals surface area contributed by atoms with Crippen molar-refractivity contribution in [1.29, 1.82) is 0 Å². The van der Waals surface area contributed by atoms with Gasteiger partial charge in [-0.1, -0.05) is 6.07 Å². The molecule has 1 aromatic carbocycles. The lowest BCUT2D eigenvalue weighted by Crippen LogP contribution is -2.36. The van der Waals surface area contributed by atoms with Crippen molar-refractivity contribution in [3.8, 4) is 5.75 Å². The first-order chi connectivity index (χ1) is 14.5. The third-order valence-corrected chi connectivity index (χ3v) is 4.33. The number of aliphatic carboxylic acids is 1. The van der Waals surface area contributed by atoms with Crippen molar-refractivity contribution >= 4 is 22.9 Å². The molecule has 31 heavy (non-hydrogen) atoms. The lowest BCUT2D eigenvalue weighted by molar-refractivity contribution is -0.138. The third-order valence-electron chi connectivity index (χ3n) is 4.33. The predicted molar refractivity (Wildman–Crippen MR) is 98.1 cm³/mol. The zero-order valence-corrected chi connectivity index (χ0v) is 15.4. The highest BCUT2D eigenvalue weighted by Crippen LogP contribution is 2.31. The van der Waals surface area contributed by atoms with E-state index in [1.165, 1.54) is 18.3 Å². The first kappa shape index (κ1) is 21.7. The van der Waals surface area contributed by atoms with Crippen LogP contribution in [0, 0.1) is 5.82 Å². The van der Waals surface area contributed by atoms with E-state index in [0.29, 0.717) is 6.07 Å². The highest BCUT2D eigenvalue weighted by atomic mass is 19.4. The molecule has 0 aliphatic carbocycles. The molecule has 0 saturated carbocycles. The number of rotatable bonds is 5. The molecule has 0 radical (unpaired) electrons. The Balaban J connectivity index is 2.15. The second-order valence-electron chi connectivity index (χ2n) is 6.37. The number of fused-ring (bicyclic) bond motifs is 1. The van der Waals surface area contributed by atoms with Gasteiger partial charge in [-0.3, -0.25) is 19.0 Å². The zero-order chi connectivity index (χ0) is 22.9. The van der Waals surface area contributed by atoms with Gasteiger partial charge in [0.05, 0.1) is 17.5 Å². The van der Waals surface area contributed by atoms with Gasteiger partial charge in [0.2, 0.25) is 0 Å². The Morgan fingerprint density at radius 3 is 2.52 bits per heavy atom. The first-order valence-corrected chi connectivity index (χ1v) is 8.56. The van der Waals surface area contributed by atoms with Crippen LogP contribution in [0.4, 0.5) is 17.6 Å². The minimum atomic E-state index is -4.77. The minimum absolute atomic E-state index is 0.0742. The first-order valence-electron chi connectivity index (χ1n) is 8.56. The van der Waals surface area contributed by atoms with Crippen molar-refractivity contribution in [2.24, 2.45) is 0 Å². The monoisotopic (exact) mass is 439 g/mol. The number of hydrogen-bond acceptors (Lipinski definition) is 5. The SMILES string of the molecule is O=C(O)CNC(=O)c1c(O)c2cccnc2n(Cc2ccc(C(F)(F)F)cc2F)c1=O. The topological polar surface area (TPSA) is 122 Å². The van der Waals surface area contributed by atoms with E-state index in [1.54, 1.807) is 0 Å². The number of carbonyl (C=O) groups excluding carboxylic acids is 1. The van der Waals surface area contributed by atoms with Crippen LogP contribution in [-0.4, -0.2) is 38.2 Å². The van der Waals surface area contributed by atoms with Gasteiger partial charge in [-0.25, -0.2) is 9.37 Å². The van der Waals surface area contributed by atoms with Gasteiger partial charge in [-0.2, -0.15) is 13.2 Å². The molecule has 0 spiro atoms. The Kier molecular flexibility index (Phi) is 5.64. The van der Waals surface area contributed by atoms with E-state index in [0.717, 1.165) is 10.6 Å². The van der Waals surface area contributed by atoms with Crippen LogP contribution in [0.3, 0.4) is 0 Å². The molecule has 2 heterocycles. The van der Waals surface area contributed by atoms with Crippen molar-refractivity contribution in [3.63, 3.8) is 0 Å². The van der Waals surface area contributed by atoms with Gasteiger partial charge in [0.25, 0.3) is 11.5 Å². The number of carboxylic acid groups (broad SMARTS) is 1. The number of aromatic hydroxyl groups is 1. The second-order valence-corrected chi connectivity index (χ2v) is 6.37. The Bertz CT molecular complexity index is 1250. The highest BCUT2D eigenvalue weighted by molar-refractivity contribution is 6.02. The summed E-state index contributed by atoms with van der Waals surface area (Å²) in [5.41, 5.74) is -3.62. The summed E-state index contributed by atoms with van der Waals surface area (Å²) in [6.07, 6.45) is -3.51. The summed E-state index contributed by atoms with van der Waals surface area (Å²) in [7, 11) is 0. The molecule has 0 atom stereocenters. The summed E-state index contributed by atoms with van der Waals surface area (Å²) in [6, 6.07) is 4.45. The van der Waals surface area contributed by atoms with E-state index in [2.05, 4.69) is 4.98 Å². The smallest absolute Gasteiger partial charge is 0.416 e. The maximum atomic E-state index is 14.3. The zero-order valence-electron chi connectivity index (χ0n) is 15.4. The number of carboxylic acids is 1. The van der Waals surface area contributed by atoms with E-state index in [-0.39, 0.29) is 22.7 Å². The fraction of sp³-hybridized carbons (Fsp3) is 0.158. The number of hydrogen-bond donors (Lipinski definition) is 3. The molecule has 2 aromatic heterocycles. The van der Waals surface area contributed by atoms with Crippen molar-refractivity contribution in [3.05, 3.63) is 69.4 Å². The number of aromatic nitrogens is 2. The second kappa shape index (κ2) is 8.05. The van der Waals surface area contributed by atoms with Crippen LogP contribution < -0.4 is 10.9 Å². The maximum Gasteiger partial charge on any atom is 0.416 e. The van der Waals surface area contributed by atoms with E-state index in [1.807, 2.05) is 5.32 Å². The van der Waals surface area contributed by atoms with Crippen molar-refractivity contribution < 1.29 is 37.4 Å². The lowest BCUT2D eigenvalue weighted by Gasteiger charge is -2.15. The van der Waals surface area contributed by atoms with Gasteiger partial charge in [0, 0.05) is 11.8 Å². The molecule has 0 bridgehead atoms. The Labute approximate surface area is 170 Å². The van der Waals surface area contributed by atoms with Gasteiger partial charge >= 0.3 is 12.1 Å². The summed E-state index contributed by atoms with van der Waals surface area (Å²) in [6.45, 7) is -1.44. The van der Waals surface area contributed by atoms with E-state index in [9.17, 15) is 37.1 Å². The molecular formula is C19H13F4N3O5. The molecule has 0 saturated heterocycles. The van der Waals surface area contributed by atoms with Crippen LogP contribution in [-0.2, 0) is 17.5 Å². The number of benzene rings is 1. The molecule has 3 rings (SSSR count). The Morgan fingerprint density at radius 2 is 1.90 bits per heavy atom. The molecule has 3 aromatic rings. The molecule has 3 N–H and O–H groups in total. The highest BCUT2D eigenvalue weighted by Gasteiger charge is 2.31. The summed E-state index contributed by atoms with van der Waals surface area (Å²) < 4.78 is 53.4. The lowest BCUT2D eigenvalue weighted by atomic mass is 10.1. The molecule has 0 aliphatic rings. The van der Waals surface area contributed by atoms with E-state index in [4.69, 9.17) is 5.11 Å². The molecule has 0 aliphatic heterocycles. The molecule has 8 nitrogen and oxygen atoms in total. The number of carbonyl (C=O) groups is 2. The van der Waals surface area contributed by atoms with Crippen molar-refractivity contribution in [2.45, 2.75) is 12.7 Å². The minimum Gasteiger partial charge on any atom is -0.506 e. The van der Waals surface area contributed by atoms with E-state index >= 15 is 0 Å². The van der Waals surface area contributed by atoms with Crippen LogP contribution in [0.5, 0.6) is 5.75 Å². The molecule has 12 heteroatoms. The van der Waals surface area contributed by atoms with Crippen LogP contribution >= 0.6 is 0 Å². The summed E-state index contributed by atoms with van der Waals surface area (Å²) in [5.74, 6) is -4.60. The molecule has 162 valence electrons. The quantitative estimate of drug-likeness (QED) is 0.524. The third kappa shape index (κ3) is 4.32. The summed E-state index contributed by atoms with van der Waals surface area (Å²) >= 11 is 0. The predicted octanol–water partition coefficient (Wildman–Crippen LogP) is 2.12. The van der Waals surface area contributed by atoms with Gasteiger partial charge < -0.3 is 15.5 Å². The number of amides is 1. The molecular weight excluding hydrogens is 426 g/mol. The standard InChI is InChI=1S/C19H13F4N3O5/c20-12-6-10(19(21,22)23)4-3-9(12)8-26-16-11(2-1-5-24-16)15(29)14(18(26)31)17(30)25-7-13(27)28/h1-6,29H,7-8H2,(H,25,30)(H,27,28). The van der Waals surface area contributed by atoms with Crippen LogP contribution in [0.15, 0.2) is 41.3 Å². The summed E-state index contributed by atoms with van der Waals surface area (Å²) in [4.78, 5) is 39.8. The Hall–Kier alpha value is -3.96. The Morgan fingerprint density at radius 1 is 1.19 bits per heavy atom. The molecule has 1 amide bonds. The van der Waals surface area contributed by atoms with Crippen LogP contribution in [0.2, 0.25) is 0 Å².